The van der Waals surface area contributed by atoms with Crippen LogP contribution in [0.5, 0.6) is 0 Å². The van der Waals surface area contributed by atoms with Crippen molar-refractivity contribution in [2.24, 2.45) is 5.11 Å². The minimum absolute atomic E-state index is 0.0622. The van der Waals surface area contributed by atoms with Gasteiger partial charge in [0.05, 0.1) is 0 Å². The second kappa shape index (κ2) is 3.83. The number of nitrogens with zero attached hydrogens (tertiary/aromatic N) is 3. The summed E-state index contributed by atoms with van der Waals surface area (Å²) in [5.74, 6) is 0.0642. The van der Waals surface area contributed by atoms with Crippen molar-refractivity contribution in [3.8, 4) is 0 Å². The minimum Gasteiger partial charge on any atom is -0.353 e. The second-order valence-electron chi connectivity index (χ2n) is 2.57. The topological polar surface area (TPSA) is 77.9 Å². The van der Waals surface area contributed by atoms with Crippen molar-refractivity contribution < 1.29 is 4.79 Å². The van der Waals surface area contributed by atoms with Crippen molar-refractivity contribution >= 4 is 5.91 Å². The van der Waals surface area contributed by atoms with Gasteiger partial charge in [0, 0.05) is 23.9 Å². The van der Waals surface area contributed by atoms with Crippen molar-refractivity contribution in [3.05, 3.63) is 10.4 Å². The number of azide groups is 1. The molecule has 1 saturated heterocycles. The van der Waals surface area contributed by atoms with Crippen LogP contribution in [-0.2, 0) is 4.79 Å². The number of carbonyl (C=O) groups is 1. The molecule has 1 amide bonds. The molecule has 60 valence electrons. The molecule has 0 aromatic heterocycles. The number of hydrogen-bond donors (Lipinski definition) is 1. The summed E-state index contributed by atoms with van der Waals surface area (Å²) in [6.07, 6.45) is 2.43. The monoisotopic (exact) mass is 154 g/mol. The lowest BCUT2D eigenvalue weighted by molar-refractivity contribution is -0.123. The van der Waals surface area contributed by atoms with Gasteiger partial charge in [-0.1, -0.05) is 5.11 Å². The summed E-state index contributed by atoms with van der Waals surface area (Å²) < 4.78 is 0. The van der Waals surface area contributed by atoms with Gasteiger partial charge in [0.15, 0.2) is 0 Å². The molecule has 1 N–H and O–H groups in total. The Hall–Kier alpha value is -1.22. The molecule has 0 radical (unpaired) electrons. The average molecular weight is 154 g/mol. The minimum atomic E-state index is 0.0622. The van der Waals surface area contributed by atoms with E-state index >= 15 is 0 Å². The number of carbonyl (C=O) groups excluding carboxylic acids is 1. The Morgan fingerprint density at radius 1 is 1.82 bits per heavy atom. The van der Waals surface area contributed by atoms with Gasteiger partial charge in [0.1, 0.15) is 0 Å². The molecular formula is C6H10N4O. The first-order chi connectivity index (χ1) is 5.33. The van der Waals surface area contributed by atoms with Crippen molar-refractivity contribution in [2.75, 3.05) is 6.54 Å². The lowest BCUT2D eigenvalue weighted by Gasteiger charge is -2.20. The Kier molecular flexibility index (Phi) is 2.74. The van der Waals surface area contributed by atoms with E-state index in [9.17, 15) is 4.79 Å². The van der Waals surface area contributed by atoms with Crippen molar-refractivity contribution in [3.63, 3.8) is 0 Å². The summed E-state index contributed by atoms with van der Waals surface area (Å²) >= 11 is 0. The quantitative estimate of drug-likeness (QED) is 0.359. The first-order valence-electron chi connectivity index (χ1n) is 3.63. The SMILES string of the molecule is [N-]=[N+]=NC[C@H]1CCCC(=O)N1. The Labute approximate surface area is 64.4 Å². The molecule has 0 unspecified atom stereocenters. The Balaban J connectivity index is 2.33. The van der Waals surface area contributed by atoms with Gasteiger partial charge in [-0.25, -0.2) is 0 Å². The van der Waals surface area contributed by atoms with Crippen molar-refractivity contribution in [2.45, 2.75) is 25.3 Å². The van der Waals surface area contributed by atoms with Crippen LogP contribution in [0, 0.1) is 0 Å². The van der Waals surface area contributed by atoms with E-state index in [0.29, 0.717) is 13.0 Å². The predicted octanol–water partition coefficient (Wildman–Crippen LogP) is 0.965. The molecule has 1 fully saturated rings. The molecular weight excluding hydrogens is 144 g/mol. The highest BCUT2D eigenvalue weighted by Crippen LogP contribution is 2.07. The zero-order valence-corrected chi connectivity index (χ0v) is 6.16. The van der Waals surface area contributed by atoms with Gasteiger partial charge < -0.3 is 5.32 Å². The lowest BCUT2D eigenvalue weighted by Crippen LogP contribution is -2.40. The zero-order valence-electron chi connectivity index (χ0n) is 6.16. The molecule has 1 heterocycles. The largest absolute Gasteiger partial charge is 0.353 e. The van der Waals surface area contributed by atoms with Gasteiger partial charge >= 0.3 is 0 Å². The number of amides is 1. The second-order valence-corrected chi connectivity index (χ2v) is 2.57. The summed E-state index contributed by atoms with van der Waals surface area (Å²) in [5.41, 5.74) is 8.01. The predicted molar refractivity (Wildman–Crippen MR) is 39.8 cm³/mol. The third kappa shape index (κ3) is 2.47. The van der Waals surface area contributed by atoms with Crippen molar-refractivity contribution in [1.82, 2.24) is 5.32 Å². The van der Waals surface area contributed by atoms with E-state index in [1.165, 1.54) is 0 Å². The molecule has 0 aromatic carbocycles. The maximum Gasteiger partial charge on any atom is 0.220 e. The Morgan fingerprint density at radius 2 is 2.64 bits per heavy atom. The number of rotatable bonds is 2. The van der Waals surface area contributed by atoms with Gasteiger partial charge in [-0.3, -0.25) is 4.79 Å². The molecule has 11 heavy (non-hydrogen) atoms. The molecule has 0 spiro atoms. The van der Waals surface area contributed by atoms with Gasteiger partial charge in [0.25, 0.3) is 0 Å². The molecule has 0 saturated carbocycles. The van der Waals surface area contributed by atoms with Gasteiger partial charge in [-0.15, -0.1) is 0 Å². The molecule has 5 heteroatoms. The molecule has 0 aliphatic carbocycles. The van der Waals surface area contributed by atoms with E-state index in [4.69, 9.17) is 5.53 Å². The Morgan fingerprint density at radius 3 is 3.27 bits per heavy atom. The van der Waals surface area contributed by atoms with Crippen LogP contribution in [0.4, 0.5) is 0 Å². The molecule has 1 aliphatic rings. The van der Waals surface area contributed by atoms with Crippen LogP contribution in [0.1, 0.15) is 19.3 Å². The summed E-state index contributed by atoms with van der Waals surface area (Å²) in [7, 11) is 0. The molecule has 0 aromatic rings. The summed E-state index contributed by atoms with van der Waals surface area (Å²) in [6, 6.07) is 0.0622. The molecule has 1 aliphatic heterocycles. The molecule has 1 rings (SSSR count). The summed E-state index contributed by atoms with van der Waals surface area (Å²) in [5, 5.41) is 6.14. The van der Waals surface area contributed by atoms with E-state index in [2.05, 4.69) is 15.3 Å². The van der Waals surface area contributed by atoms with Crippen LogP contribution in [-0.4, -0.2) is 18.5 Å². The highest BCUT2D eigenvalue weighted by Gasteiger charge is 2.16. The van der Waals surface area contributed by atoms with Crippen LogP contribution < -0.4 is 5.32 Å². The van der Waals surface area contributed by atoms with E-state index in [1.807, 2.05) is 0 Å². The van der Waals surface area contributed by atoms with E-state index in [1.54, 1.807) is 0 Å². The van der Waals surface area contributed by atoms with Crippen molar-refractivity contribution in [1.29, 1.82) is 0 Å². The van der Waals surface area contributed by atoms with Crippen LogP contribution in [0.25, 0.3) is 10.4 Å². The van der Waals surface area contributed by atoms with Gasteiger partial charge in [-0.2, -0.15) is 0 Å². The third-order valence-electron chi connectivity index (χ3n) is 1.69. The molecule has 5 nitrogen and oxygen atoms in total. The molecule has 0 bridgehead atoms. The number of nitrogens with one attached hydrogen (secondary N) is 1. The zero-order chi connectivity index (χ0) is 8.10. The first-order valence-corrected chi connectivity index (χ1v) is 3.63. The first kappa shape index (κ1) is 7.88. The maximum absolute atomic E-state index is 10.8. The standard InChI is InChI=1S/C6H10N4O/c7-10-8-4-5-2-1-3-6(11)9-5/h5H,1-4H2,(H,9,11)/t5-/m1/s1. The highest BCUT2D eigenvalue weighted by molar-refractivity contribution is 5.76. The number of piperidine rings is 1. The highest BCUT2D eigenvalue weighted by atomic mass is 16.1. The fraction of sp³-hybridized carbons (Fsp3) is 0.833. The van der Waals surface area contributed by atoms with Crippen LogP contribution in [0.15, 0.2) is 5.11 Å². The van der Waals surface area contributed by atoms with Crippen LogP contribution >= 0.6 is 0 Å². The van der Waals surface area contributed by atoms with E-state index in [0.717, 1.165) is 12.8 Å². The van der Waals surface area contributed by atoms with Gasteiger partial charge in [-0.05, 0) is 18.4 Å². The van der Waals surface area contributed by atoms with Gasteiger partial charge in [0.2, 0.25) is 5.91 Å². The average Bonchev–Trinajstić information content (AvgIpc) is 2.01. The fourth-order valence-electron chi connectivity index (χ4n) is 1.15. The number of hydrogen-bond acceptors (Lipinski definition) is 2. The Bertz CT molecular complexity index is 195. The fourth-order valence-corrected chi connectivity index (χ4v) is 1.15. The van der Waals surface area contributed by atoms with E-state index < -0.39 is 0 Å². The van der Waals surface area contributed by atoms with Crippen LogP contribution in [0.3, 0.4) is 0 Å². The molecule has 1 atom stereocenters. The van der Waals surface area contributed by atoms with Crippen LogP contribution in [0.2, 0.25) is 0 Å². The maximum atomic E-state index is 10.8. The third-order valence-corrected chi connectivity index (χ3v) is 1.69. The smallest absolute Gasteiger partial charge is 0.220 e. The lowest BCUT2D eigenvalue weighted by atomic mass is 10.1. The normalized spacial score (nSPS) is 23.6. The summed E-state index contributed by atoms with van der Waals surface area (Å²) in [6.45, 7) is 0.377. The summed E-state index contributed by atoms with van der Waals surface area (Å²) in [4.78, 5) is 13.4. The van der Waals surface area contributed by atoms with E-state index in [-0.39, 0.29) is 11.9 Å².